The molecule has 1 heterocycles. The molecule has 0 radical (unpaired) electrons. The summed E-state index contributed by atoms with van der Waals surface area (Å²) < 4.78 is 6.10. The van der Waals surface area contributed by atoms with Crippen molar-refractivity contribution < 1.29 is 9.53 Å². The van der Waals surface area contributed by atoms with Crippen LogP contribution in [-0.2, 0) is 16.1 Å². The lowest BCUT2D eigenvalue weighted by molar-refractivity contribution is -0.145. The van der Waals surface area contributed by atoms with Gasteiger partial charge in [0.05, 0.1) is 16.9 Å². The van der Waals surface area contributed by atoms with Crippen molar-refractivity contribution in [3.8, 4) is 0 Å². The Labute approximate surface area is 115 Å². The Balaban J connectivity index is 2.57. The summed E-state index contributed by atoms with van der Waals surface area (Å²) in [4.78, 5) is 14.8. The van der Waals surface area contributed by atoms with E-state index in [0.29, 0.717) is 19.2 Å². The largest absolute Gasteiger partial charge is 0.465 e. The monoisotopic (exact) mass is 319 g/mol. The molecule has 0 atom stereocenters. The second kappa shape index (κ2) is 7.13. The molecule has 96 valence electrons. The average Bonchev–Trinajstić information content (AvgIpc) is 2.63. The zero-order chi connectivity index (χ0) is 12.8. The highest BCUT2D eigenvalue weighted by molar-refractivity contribution is 9.11. The topological polar surface area (TPSA) is 29.5 Å². The van der Waals surface area contributed by atoms with Gasteiger partial charge < -0.3 is 4.74 Å². The van der Waals surface area contributed by atoms with E-state index in [2.05, 4.69) is 40.7 Å². The minimum atomic E-state index is -0.156. The number of hydrogen-bond donors (Lipinski definition) is 0. The van der Waals surface area contributed by atoms with Gasteiger partial charge in [-0.2, -0.15) is 0 Å². The fraction of sp³-hybridized carbons (Fsp3) is 0.583. The number of hydrogen-bond acceptors (Lipinski definition) is 4. The number of carbonyl (C=O) groups is 1. The molecule has 0 aliphatic heterocycles. The summed E-state index contributed by atoms with van der Waals surface area (Å²) in [6.45, 7) is 7.57. The van der Waals surface area contributed by atoms with Gasteiger partial charge in [0.1, 0.15) is 0 Å². The molecule has 17 heavy (non-hydrogen) atoms. The summed E-state index contributed by atoms with van der Waals surface area (Å²) in [6, 6.07) is 4.43. The van der Waals surface area contributed by atoms with Crippen LogP contribution in [-0.4, -0.2) is 30.1 Å². The molecule has 1 rings (SSSR count). The van der Waals surface area contributed by atoms with Crippen LogP contribution in [0.5, 0.6) is 0 Å². The van der Waals surface area contributed by atoms with E-state index in [1.807, 2.05) is 13.0 Å². The highest BCUT2D eigenvalue weighted by atomic mass is 79.9. The SMILES string of the molecule is CCOC(=O)CN(Cc1ccc(Br)s1)C(C)C. The Morgan fingerprint density at radius 3 is 2.71 bits per heavy atom. The van der Waals surface area contributed by atoms with Crippen molar-refractivity contribution in [3.05, 3.63) is 20.8 Å². The van der Waals surface area contributed by atoms with E-state index in [-0.39, 0.29) is 5.97 Å². The highest BCUT2D eigenvalue weighted by Crippen LogP contribution is 2.23. The van der Waals surface area contributed by atoms with Crippen LogP contribution in [0, 0.1) is 0 Å². The van der Waals surface area contributed by atoms with Crippen molar-refractivity contribution >= 4 is 33.2 Å². The Hall–Kier alpha value is -0.390. The maximum atomic E-state index is 11.5. The van der Waals surface area contributed by atoms with Gasteiger partial charge >= 0.3 is 5.97 Å². The third kappa shape index (κ3) is 5.19. The zero-order valence-electron chi connectivity index (χ0n) is 10.4. The number of esters is 1. The first-order chi connectivity index (χ1) is 8.02. The van der Waals surface area contributed by atoms with Gasteiger partial charge in [0, 0.05) is 17.5 Å². The second-order valence-corrected chi connectivity index (χ2v) is 6.56. The number of rotatable bonds is 6. The minimum Gasteiger partial charge on any atom is -0.465 e. The first-order valence-corrected chi connectivity index (χ1v) is 7.27. The highest BCUT2D eigenvalue weighted by Gasteiger charge is 2.15. The normalized spacial score (nSPS) is 11.2. The van der Waals surface area contributed by atoms with Crippen LogP contribution in [0.4, 0.5) is 0 Å². The van der Waals surface area contributed by atoms with Crippen LogP contribution in [0.2, 0.25) is 0 Å². The third-order valence-corrected chi connectivity index (χ3v) is 3.96. The lowest BCUT2D eigenvalue weighted by atomic mass is 10.3. The van der Waals surface area contributed by atoms with Crippen LogP contribution in [0.25, 0.3) is 0 Å². The Morgan fingerprint density at radius 1 is 1.53 bits per heavy atom. The molecule has 0 spiro atoms. The van der Waals surface area contributed by atoms with Gasteiger partial charge in [-0.1, -0.05) is 0 Å². The molecule has 0 bridgehead atoms. The zero-order valence-corrected chi connectivity index (χ0v) is 12.8. The lowest BCUT2D eigenvalue weighted by Gasteiger charge is -2.24. The van der Waals surface area contributed by atoms with E-state index in [4.69, 9.17) is 4.74 Å². The number of nitrogens with zero attached hydrogens (tertiary/aromatic N) is 1. The van der Waals surface area contributed by atoms with Crippen molar-refractivity contribution in [1.82, 2.24) is 4.90 Å². The van der Waals surface area contributed by atoms with Crippen molar-refractivity contribution in [2.75, 3.05) is 13.2 Å². The maximum absolute atomic E-state index is 11.5. The second-order valence-electron chi connectivity index (χ2n) is 4.01. The van der Waals surface area contributed by atoms with Crippen LogP contribution in [0.3, 0.4) is 0 Å². The molecule has 0 N–H and O–H groups in total. The summed E-state index contributed by atoms with van der Waals surface area (Å²) >= 11 is 5.14. The molecule has 0 aliphatic carbocycles. The van der Waals surface area contributed by atoms with Gasteiger partial charge in [-0.05, 0) is 48.8 Å². The van der Waals surface area contributed by atoms with Crippen LogP contribution in [0.15, 0.2) is 15.9 Å². The van der Waals surface area contributed by atoms with E-state index in [9.17, 15) is 4.79 Å². The number of thiophene rings is 1. The Kier molecular flexibility index (Phi) is 6.16. The molecule has 5 heteroatoms. The number of halogens is 1. The van der Waals surface area contributed by atoms with Gasteiger partial charge in [0.2, 0.25) is 0 Å². The quantitative estimate of drug-likeness (QED) is 0.753. The first-order valence-electron chi connectivity index (χ1n) is 5.66. The molecule has 0 amide bonds. The Morgan fingerprint density at radius 2 is 2.24 bits per heavy atom. The smallest absolute Gasteiger partial charge is 0.320 e. The molecule has 1 aromatic heterocycles. The van der Waals surface area contributed by atoms with E-state index in [1.165, 1.54) is 4.88 Å². The molecule has 0 aromatic carbocycles. The van der Waals surface area contributed by atoms with Gasteiger partial charge in [-0.3, -0.25) is 9.69 Å². The lowest BCUT2D eigenvalue weighted by Crippen LogP contribution is -2.35. The predicted molar refractivity (Wildman–Crippen MR) is 74.2 cm³/mol. The van der Waals surface area contributed by atoms with E-state index >= 15 is 0 Å². The molecule has 0 fully saturated rings. The molecular formula is C12H18BrNO2S. The molecule has 1 aromatic rings. The van der Waals surface area contributed by atoms with Crippen LogP contribution in [0.1, 0.15) is 25.6 Å². The standard InChI is InChI=1S/C12H18BrNO2S/c1-4-16-12(15)8-14(9(2)3)7-10-5-6-11(13)17-10/h5-6,9H,4,7-8H2,1-3H3. The van der Waals surface area contributed by atoms with Gasteiger partial charge in [-0.25, -0.2) is 0 Å². The van der Waals surface area contributed by atoms with Gasteiger partial charge in [-0.15, -0.1) is 11.3 Å². The summed E-state index contributed by atoms with van der Waals surface area (Å²) in [5, 5.41) is 0. The molecule has 3 nitrogen and oxygen atoms in total. The molecular weight excluding hydrogens is 302 g/mol. The first kappa shape index (κ1) is 14.7. The van der Waals surface area contributed by atoms with Crippen molar-refractivity contribution in [2.24, 2.45) is 0 Å². The summed E-state index contributed by atoms with van der Waals surface area (Å²) in [7, 11) is 0. The third-order valence-electron chi connectivity index (χ3n) is 2.36. The molecule has 0 unspecified atom stereocenters. The fourth-order valence-corrected chi connectivity index (χ4v) is 2.94. The summed E-state index contributed by atoms with van der Waals surface area (Å²) in [5.74, 6) is -0.156. The number of carbonyl (C=O) groups excluding carboxylic acids is 1. The predicted octanol–water partition coefficient (Wildman–Crippen LogP) is 3.28. The number of ether oxygens (including phenoxy) is 1. The van der Waals surface area contributed by atoms with Crippen LogP contribution < -0.4 is 0 Å². The van der Waals surface area contributed by atoms with Gasteiger partial charge in [0.15, 0.2) is 0 Å². The average molecular weight is 320 g/mol. The summed E-state index contributed by atoms with van der Waals surface area (Å²) in [6.07, 6.45) is 0. The minimum absolute atomic E-state index is 0.156. The Bertz CT molecular complexity index is 365. The maximum Gasteiger partial charge on any atom is 0.320 e. The van der Waals surface area contributed by atoms with Crippen molar-refractivity contribution in [1.29, 1.82) is 0 Å². The van der Waals surface area contributed by atoms with Crippen LogP contribution >= 0.6 is 27.3 Å². The van der Waals surface area contributed by atoms with E-state index in [1.54, 1.807) is 11.3 Å². The van der Waals surface area contributed by atoms with E-state index in [0.717, 1.165) is 10.3 Å². The van der Waals surface area contributed by atoms with Crippen molar-refractivity contribution in [3.63, 3.8) is 0 Å². The fourth-order valence-electron chi connectivity index (χ4n) is 1.43. The molecule has 0 saturated carbocycles. The summed E-state index contributed by atoms with van der Waals surface area (Å²) in [5.41, 5.74) is 0. The molecule has 0 aliphatic rings. The van der Waals surface area contributed by atoms with Crippen molar-refractivity contribution in [2.45, 2.75) is 33.4 Å². The van der Waals surface area contributed by atoms with Gasteiger partial charge in [0.25, 0.3) is 0 Å². The van der Waals surface area contributed by atoms with E-state index < -0.39 is 0 Å². The molecule has 0 saturated heterocycles.